The molecule has 132 valence electrons. The van der Waals surface area contributed by atoms with Gasteiger partial charge in [-0.2, -0.15) is 0 Å². The number of hydrogen-bond donors (Lipinski definition) is 2. The Balaban J connectivity index is 1.75. The molecule has 2 aromatic rings. The van der Waals surface area contributed by atoms with Gasteiger partial charge in [-0.15, -0.1) is 0 Å². The number of carbonyl (C=O) groups excluding carboxylic acids is 1. The Bertz CT molecular complexity index is 906. The number of rotatable bonds is 5. The SMILES string of the molecule is C[C@H]1C(=O)Nc2ccc(S(=O)(=O)NCc3ccc(N(C)C)cc3)cc21. The highest BCUT2D eigenvalue weighted by molar-refractivity contribution is 7.89. The van der Waals surface area contributed by atoms with Crippen molar-refractivity contribution in [3.8, 4) is 0 Å². The van der Waals surface area contributed by atoms with Crippen molar-refractivity contribution in [3.63, 3.8) is 0 Å². The lowest BCUT2D eigenvalue weighted by molar-refractivity contribution is -0.116. The molecule has 0 spiro atoms. The Labute approximate surface area is 147 Å². The van der Waals surface area contributed by atoms with Gasteiger partial charge in [-0.05, 0) is 48.4 Å². The average Bonchev–Trinajstić information content (AvgIpc) is 2.87. The summed E-state index contributed by atoms with van der Waals surface area (Å²) in [6, 6.07) is 12.4. The van der Waals surface area contributed by atoms with Crippen molar-refractivity contribution < 1.29 is 13.2 Å². The summed E-state index contributed by atoms with van der Waals surface area (Å²) in [5.74, 6) is -0.456. The van der Waals surface area contributed by atoms with Gasteiger partial charge in [-0.3, -0.25) is 4.79 Å². The Hall–Kier alpha value is -2.38. The molecule has 0 saturated heterocycles. The second kappa shape index (κ2) is 6.50. The van der Waals surface area contributed by atoms with Crippen LogP contribution in [0.5, 0.6) is 0 Å². The Kier molecular flexibility index (Phi) is 4.53. The maximum Gasteiger partial charge on any atom is 0.240 e. The van der Waals surface area contributed by atoms with Gasteiger partial charge in [-0.1, -0.05) is 12.1 Å². The summed E-state index contributed by atoms with van der Waals surface area (Å²) in [6.07, 6.45) is 0. The van der Waals surface area contributed by atoms with E-state index in [4.69, 9.17) is 0 Å². The first-order valence-corrected chi connectivity index (χ1v) is 9.47. The first kappa shape index (κ1) is 17.4. The van der Waals surface area contributed by atoms with Crippen LogP contribution in [0.3, 0.4) is 0 Å². The summed E-state index contributed by atoms with van der Waals surface area (Å²) in [5.41, 5.74) is 3.32. The quantitative estimate of drug-likeness (QED) is 0.859. The van der Waals surface area contributed by atoms with Crippen LogP contribution in [0, 0.1) is 0 Å². The van der Waals surface area contributed by atoms with E-state index in [1.54, 1.807) is 19.1 Å². The number of amides is 1. The van der Waals surface area contributed by atoms with E-state index in [9.17, 15) is 13.2 Å². The van der Waals surface area contributed by atoms with E-state index in [2.05, 4.69) is 10.0 Å². The van der Waals surface area contributed by atoms with Gasteiger partial charge in [0, 0.05) is 32.0 Å². The van der Waals surface area contributed by atoms with Gasteiger partial charge in [0.1, 0.15) is 0 Å². The number of nitrogens with one attached hydrogen (secondary N) is 2. The van der Waals surface area contributed by atoms with E-state index >= 15 is 0 Å². The van der Waals surface area contributed by atoms with Crippen LogP contribution in [0.15, 0.2) is 47.4 Å². The number of hydrogen-bond acceptors (Lipinski definition) is 4. The molecule has 0 aromatic heterocycles. The third-order valence-electron chi connectivity index (χ3n) is 4.37. The first-order valence-electron chi connectivity index (χ1n) is 7.98. The zero-order valence-corrected chi connectivity index (χ0v) is 15.2. The largest absolute Gasteiger partial charge is 0.378 e. The van der Waals surface area contributed by atoms with E-state index in [0.717, 1.165) is 11.3 Å². The molecule has 0 radical (unpaired) electrons. The van der Waals surface area contributed by atoms with Crippen LogP contribution >= 0.6 is 0 Å². The molecule has 0 aliphatic carbocycles. The zero-order valence-electron chi connectivity index (χ0n) is 14.4. The van der Waals surface area contributed by atoms with Crippen LogP contribution in [0.25, 0.3) is 0 Å². The molecule has 6 nitrogen and oxygen atoms in total. The smallest absolute Gasteiger partial charge is 0.240 e. The molecule has 0 fully saturated rings. The number of anilines is 2. The van der Waals surface area contributed by atoms with Crippen molar-refractivity contribution in [3.05, 3.63) is 53.6 Å². The molecular weight excluding hydrogens is 338 g/mol. The Morgan fingerprint density at radius 1 is 1.12 bits per heavy atom. The summed E-state index contributed by atoms with van der Waals surface area (Å²) < 4.78 is 27.7. The van der Waals surface area contributed by atoms with Gasteiger partial charge < -0.3 is 10.2 Å². The molecule has 1 amide bonds. The Morgan fingerprint density at radius 2 is 1.80 bits per heavy atom. The number of carbonyl (C=O) groups is 1. The molecule has 25 heavy (non-hydrogen) atoms. The number of benzene rings is 2. The predicted octanol–water partition coefficient (Wildman–Crippen LogP) is 2.29. The van der Waals surface area contributed by atoms with Gasteiger partial charge >= 0.3 is 0 Å². The van der Waals surface area contributed by atoms with Crippen LogP contribution < -0.4 is 14.9 Å². The lowest BCUT2D eigenvalue weighted by atomic mass is 10.0. The van der Waals surface area contributed by atoms with Crippen molar-refractivity contribution in [2.75, 3.05) is 24.3 Å². The summed E-state index contributed by atoms with van der Waals surface area (Å²) in [4.78, 5) is 13.8. The number of sulfonamides is 1. The van der Waals surface area contributed by atoms with Crippen LogP contribution in [0.1, 0.15) is 24.0 Å². The highest BCUT2D eigenvalue weighted by atomic mass is 32.2. The van der Waals surface area contributed by atoms with E-state index in [-0.39, 0.29) is 23.3 Å². The molecule has 2 aromatic carbocycles. The third kappa shape index (κ3) is 3.52. The number of nitrogens with zero attached hydrogens (tertiary/aromatic N) is 1. The fourth-order valence-electron chi connectivity index (χ4n) is 2.74. The van der Waals surface area contributed by atoms with Crippen LogP contribution in [0.2, 0.25) is 0 Å². The lowest BCUT2D eigenvalue weighted by Gasteiger charge is -2.13. The fraction of sp³-hybridized carbons (Fsp3) is 0.278. The molecule has 1 aliphatic heterocycles. The van der Waals surface area contributed by atoms with E-state index in [0.29, 0.717) is 11.3 Å². The molecule has 1 heterocycles. The highest BCUT2D eigenvalue weighted by Gasteiger charge is 2.28. The van der Waals surface area contributed by atoms with E-state index < -0.39 is 10.0 Å². The van der Waals surface area contributed by atoms with Gasteiger partial charge in [0.2, 0.25) is 15.9 Å². The van der Waals surface area contributed by atoms with E-state index in [1.807, 2.05) is 43.3 Å². The molecule has 2 N–H and O–H groups in total. The molecule has 0 saturated carbocycles. The highest BCUT2D eigenvalue weighted by Crippen LogP contribution is 2.33. The van der Waals surface area contributed by atoms with Crippen LogP contribution in [-0.2, 0) is 21.4 Å². The standard InChI is InChI=1S/C18H21N3O3S/c1-12-16-10-15(8-9-17(16)20-18(12)22)25(23,24)19-11-13-4-6-14(7-5-13)21(2)3/h4-10,12,19H,11H2,1-3H3,(H,20,22)/t12-/m1/s1. The first-order chi connectivity index (χ1) is 11.8. The maximum absolute atomic E-state index is 12.5. The van der Waals surface area contributed by atoms with Gasteiger partial charge in [0.05, 0.1) is 10.8 Å². The predicted molar refractivity (Wildman–Crippen MR) is 98.3 cm³/mol. The lowest BCUT2D eigenvalue weighted by Crippen LogP contribution is -2.23. The second-order valence-electron chi connectivity index (χ2n) is 6.35. The minimum absolute atomic E-state index is 0.113. The van der Waals surface area contributed by atoms with Gasteiger partial charge in [0.15, 0.2) is 0 Å². The second-order valence-corrected chi connectivity index (χ2v) is 8.11. The van der Waals surface area contributed by atoms with Crippen molar-refractivity contribution in [2.45, 2.75) is 24.3 Å². The summed E-state index contributed by atoms with van der Waals surface area (Å²) in [6.45, 7) is 1.97. The van der Waals surface area contributed by atoms with Crippen LogP contribution in [0.4, 0.5) is 11.4 Å². The van der Waals surface area contributed by atoms with Crippen molar-refractivity contribution >= 4 is 27.3 Å². The van der Waals surface area contributed by atoms with Gasteiger partial charge in [-0.25, -0.2) is 13.1 Å². The zero-order chi connectivity index (χ0) is 18.2. The van der Waals surface area contributed by atoms with Crippen molar-refractivity contribution in [1.29, 1.82) is 0 Å². The topological polar surface area (TPSA) is 78.5 Å². The minimum atomic E-state index is -3.65. The summed E-state index contributed by atoms with van der Waals surface area (Å²) in [5, 5.41) is 2.74. The van der Waals surface area contributed by atoms with Gasteiger partial charge in [0.25, 0.3) is 0 Å². The summed E-state index contributed by atoms with van der Waals surface area (Å²) in [7, 11) is 0.254. The minimum Gasteiger partial charge on any atom is -0.378 e. The van der Waals surface area contributed by atoms with Crippen molar-refractivity contribution in [2.24, 2.45) is 0 Å². The third-order valence-corrected chi connectivity index (χ3v) is 5.77. The fourth-order valence-corrected chi connectivity index (χ4v) is 3.79. The molecule has 3 rings (SSSR count). The molecule has 7 heteroatoms. The molecule has 0 unspecified atom stereocenters. The Morgan fingerprint density at radius 3 is 2.44 bits per heavy atom. The average molecular weight is 359 g/mol. The van der Waals surface area contributed by atoms with Crippen molar-refractivity contribution in [1.82, 2.24) is 4.72 Å². The monoisotopic (exact) mass is 359 g/mol. The van der Waals surface area contributed by atoms with Crippen LogP contribution in [-0.4, -0.2) is 28.4 Å². The molecule has 0 bridgehead atoms. The molecule has 1 atom stereocenters. The molecule has 1 aliphatic rings. The summed E-state index contributed by atoms with van der Waals surface area (Å²) >= 11 is 0. The number of fused-ring (bicyclic) bond motifs is 1. The molecular formula is C18H21N3O3S. The maximum atomic E-state index is 12.5. The van der Waals surface area contributed by atoms with E-state index in [1.165, 1.54) is 6.07 Å². The normalized spacial score (nSPS) is 16.4.